The molecule has 0 bridgehead atoms. The quantitative estimate of drug-likeness (QED) is 0.373. The molecule has 2 aromatic rings. The van der Waals surface area contributed by atoms with E-state index in [4.69, 9.17) is 9.47 Å². The summed E-state index contributed by atoms with van der Waals surface area (Å²) in [7, 11) is 1.56. The maximum atomic E-state index is 14.0. The molecule has 0 aliphatic carbocycles. The van der Waals surface area contributed by atoms with E-state index in [0.717, 1.165) is 16.3 Å². The van der Waals surface area contributed by atoms with Crippen molar-refractivity contribution in [2.45, 2.75) is 26.9 Å². The van der Waals surface area contributed by atoms with E-state index in [-0.39, 0.29) is 18.3 Å². The van der Waals surface area contributed by atoms with Crippen LogP contribution in [0, 0.1) is 5.82 Å². The van der Waals surface area contributed by atoms with Crippen LogP contribution in [0.15, 0.2) is 59.0 Å². The molecule has 1 amide bonds. The molecule has 0 spiro atoms. The highest BCUT2D eigenvalue weighted by Crippen LogP contribution is 2.37. The van der Waals surface area contributed by atoms with Gasteiger partial charge in [-0.3, -0.25) is 14.7 Å². The summed E-state index contributed by atoms with van der Waals surface area (Å²) in [6.45, 7) is 8.96. The van der Waals surface area contributed by atoms with Gasteiger partial charge >= 0.3 is 0 Å². The topological polar surface area (TPSA) is 51.1 Å². The minimum Gasteiger partial charge on any atom is -0.493 e. The van der Waals surface area contributed by atoms with Crippen LogP contribution in [-0.2, 0) is 17.8 Å². The van der Waals surface area contributed by atoms with Crippen LogP contribution in [0.2, 0.25) is 0 Å². The van der Waals surface area contributed by atoms with Gasteiger partial charge < -0.3 is 9.47 Å². The number of likely N-dealkylation sites (N-methyl/N-ethyl adjacent to an activating group) is 1. The van der Waals surface area contributed by atoms with Crippen LogP contribution in [-0.4, -0.2) is 36.2 Å². The van der Waals surface area contributed by atoms with Gasteiger partial charge in [0.1, 0.15) is 12.4 Å². The number of thioether (sulfide) groups is 1. The fraction of sp³-hybridized carbons (Fsp3) is 0.280. The molecular formula is C25H27FN2O3S. The normalized spacial score (nSPS) is 16.1. The molecule has 7 heteroatoms. The Morgan fingerprint density at radius 2 is 2.00 bits per heavy atom. The van der Waals surface area contributed by atoms with Crippen molar-refractivity contribution in [1.82, 2.24) is 4.90 Å². The number of methoxy groups -OCH3 is 1. The van der Waals surface area contributed by atoms with Gasteiger partial charge in [0.15, 0.2) is 16.7 Å². The fourth-order valence-corrected chi connectivity index (χ4v) is 4.45. The van der Waals surface area contributed by atoms with Crippen molar-refractivity contribution in [2.24, 2.45) is 4.99 Å². The van der Waals surface area contributed by atoms with Crippen LogP contribution in [0.25, 0.3) is 6.08 Å². The number of amidine groups is 1. The van der Waals surface area contributed by atoms with Crippen LogP contribution in [0.5, 0.6) is 11.5 Å². The van der Waals surface area contributed by atoms with Crippen molar-refractivity contribution < 1.29 is 18.7 Å². The number of ether oxygens (including phenoxy) is 2. The first-order valence-electron chi connectivity index (χ1n) is 10.5. The highest BCUT2D eigenvalue weighted by Gasteiger charge is 2.32. The molecule has 0 N–H and O–H groups in total. The molecule has 1 aliphatic heterocycles. The third kappa shape index (κ3) is 5.22. The number of halogens is 1. The van der Waals surface area contributed by atoms with E-state index in [2.05, 4.69) is 11.6 Å². The number of nitrogens with zero attached hydrogens (tertiary/aromatic N) is 2. The molecule has 1 saturated heterocycles. The van der Waals surface area contributed by atoms with Gasteiger partial charge in [0, 0.05) is 24.2 Å². The van der Waals surface area contributed by atoms with Crippen LogP contribution < -0.4 is 9.47 Å². The standard InChI is InChI=1S/C25H27FN2O3S/c1-5-10-18-13-17(15-22-24(29)28(7-3)25(32-22)27-6-2)14-21(30-4)23(18)31-16-19-11-8-9-12-20(19)26/h5,8-9,11-15H,1,6-7,10,16H2,2-4H3/b22-15-,27-25?. The molecule has 1 aliphatic rings. The summed E-state index contributed by atoms with van der Waals surface area (Å²) in [6.07, 6.45) is 4.14. The van der Waals surface area contributed by atoms with Gasteiger partial charge in [0.2, 0.25) is 0 Å². The first kappa shape index (κ1) is 23.6. The van der Waals surface area contributed by atoms with Gasteiger partial charge in [-0.05, 0) is 61.9 Å². The molecule has 5 nitrogen and oxygen atoms in total. The Balaban J connectivity index is 1.95. The molecule has 32 heavy (non-hydrogen) atoms. The van der Waals surface area contributed by atoms with E-state index >= 15 is 0 Å². The second-order valence-electron chi connectivity index (χ2n) is 7.00. The van der Waals surface area contributed by atoms with E-state index in [1.54, 1.807) is 36.3 Å². The third-order valence-electron chi connectivity index (χ3n) is 4.86. The van der Waals surface area contributed by atoms with Gasteiger partial charge in [0.25, 0.3) is 5.91 Å². The first-order chi connectivity index (χ1) is 15.5. The van der Waals surface area contributed by atoms with Crippen LogP contribution in [0.4, 0.5) is 4.39 Å². The molecule has 1 fully saturated rings. The van der Waals surface area contributed by atoms with Crippen LogP contribution >= 0.6 is 11.8 Å². The maximum absolute atomic E-state index is 14.0. The lowest BCUT2D eigenvalue weighted by molar-refractivity contribution is -0.122. The van der Waals surface area contributed by atoms with Gasteiger partial charge in [-0.2, -0.15) is 0 Å². The molecule has 0 atom stereocenters. The minimum absolute atomic E-state index is 0.0613. The Kier molecular flexibility index (Phi) is 8.11. The van der Waals surface area contributed by atoms with Crippen molar-refractivity contribution in [3.63, 3.8) is 0 Å². The molecular weight excluding hydrogens is 427 g/mol. The van der Waals surface area contributed by atoms with Crippen molar-refractivity contribution in [3.8, 4) is 11.5 Å². The van der Waals surface area contributed by atoms with E-state index in [9.17, 15) is 9.18 Å². The zero-order valence-corrected chi connectivity index (χ0v) is 19.4. The highest BCUT2D eigenvalue weighted by molar-refractivity contribution is 8.18. The van der Waals surface area contributed by atoms with E-state index in [1.807, 2.05) is 32.1 Å². The molecule has 0 saturated carbocycles. The lowest BCUT2D eigenvalue weighted by Gasteiger charge is -2.16. The number of carbonyl (C=O) groups is 1. The number of amides is 1. The van der Waals surface area contributed by atoms with Gasteiger partial charge in [-0.25, -0.2) is 4.39 Å². The van der Waals surface area contributed by atoms with Gasteiger partial charge in [0.05, 0.1) is 12.0 Å². The Labute approximate surface area is 192 Å². The molecule has 0 unspecified atom stereocenters. The number of benzene rings is 2. The summed E-state index contributed by atoms with van der Waals surface area (Å²) in [4.78, 5) is 19.5. The second kappa shape index (κ2) is 11.0. The third-order valence-corrected chi connectivity index (χ3v) is 5.91. The average molecular weight is 455 g/mol. The van der Waals surface area contributed by atoms with Crippen molar-refractivity contribution in [2.75, 3.05) is 20.2 Å². The SMILES string of the molecule is C=CCc1cc(/C=C2\SC(=NCC)N(CC)C2=O)cc(OC)c1OCc1ccccc1F. The highest BCUT2D eigenvalue weighted by atomic mass is 32.2. The summed E-state index contributed by atoms with van der Waals surface area (Å²) in [5, 5.41) is 0.717. The zero-order chi connectivity index (χ0) is 23.1. The zero-order valence-electron chi connectivity index (χ0n) is 18.6. The van der Waals surface area contributed by atoms with Crippen LogP contribution in [0.3, 0.4) is 0 Å². The van der Waals surface area contributed by atoms with Gasteiger partial charge in [-0.15, -0.1) is 6.58 Å². The predicted octanol–water partition coefficient (Wildman–Crippen LogP) is 5.45. The minimum atomic E-state index is -0.320. The number of carbonyl (C=O) groups excluding carboxylic acids is 1. The van der Waals surface area contributed by atoms with Crippen molar-refractivity contribution in [3.05, 3.63) is 76.5 Å². The van der Waals surface area contributed by atoms with E-state index < -0.39 is 0 Å². The number of hydrogen-bond donors (Lipinski definition) is 0. The Hall–Kier alpha value is -3.06. The molecule has 0 aromatic heterocycles. The summed E-state index contributed by atoms with van der Waals surface area (Å²) in [5.74, 6) is 0.665. The second-order valence-corrected chi connectivity index (χ2v) is 8.01. The predicted molar refractivity (Wildman–Crippen MR) is 129 cm³/mol. The fourth-order valence-electron chi connectivity index (χ4n) is 3.35. The van der Waals surface area contributed by atoms with E-state index in [0.29, 0.717) is 41.5 Å². The van der Waals surface area contributed by atoms with Crippen LogP contribution in [0.1, 0.15) is 30.5 Å². The first-order valence-corrected chi connectivity index (χ1v) is 11.3. The number of hydrogen-bond acceptors (Lipinski definition) is 5. The van der Waals surface area contributed by atoms with E-state index in [1.165, 1.54) is 17.8 Å². The number of aliphatic imine (C=N–C) groups is 1. The lowest BCUT2D eigenvalue weighted by Crippen LogP contribution is -2.28. The Morgan fingerprint density at radius 3 is 2.66 bits per heavy atom. The Morgan fingerprint density at radius 1 is 1.22 bits per heavy atom. The summed E-state index contributed by atoms with van der Waals surface area (Å²) < 4.78 is 25.6. The molecule has 1 heterocycles. The largest absolute Gasteiger partial charge is 0.493 e. The molecule has 3 rings (SSSR count). The van der Waals surface area contributed by atoms with Crippen molar-refractivity contribution in [1.29, 1.82) is 0 Å². The summed E-state index contributed by atoms with van der Waals surface area (Å²) >= 11 is 1.37. The summed E-state index contributed by atoms with van der Waals surface area (Å²) in [6, 6.07) is 10.3. The average Bonchev–Trinajstić information content (AvgIpc) is 3.08. The number of allylic oxidation sites excluding steroid dienone is 1. The van der Waals surface area contributed by atoms with Gasteiger partial charge in [-0.1, -0.05) is 24.3 Å². The molecule has 168 valence electrons. The van der Waals surface area contributed by atoms with Crippen molar-refractivity contribution >= 4 is 28.9 Å². The molecule has 0 radical (unpaired) electrons. The lowest BCUT2D eigenvalue weighted by atomic mass is 10.0. The number of rotatable bonds is 9. The smallest absolute Gasteiger partial charge is 0.266 e. The maximum Gasteiger partial charge on any atom is 0.266 e. The summed E-state index contributed by atoms with van der Waals surface area (Å²) in [5.41, 5.74) is 2.11. The Bertz CT molecular complexity index is 1070. The monoisotopic (exact) mass is 454 g/mol. The molecule has 2 aromatic carbocycles.